The molecule has 0 aliphatic carbocycles. The monoisotopic (exact) mass is 322 g/mol. The zero-order valence-corrected chi connectivity index (χ0v) is 13.3. The first kappa shape index (κ1) is 15.2. The van der Waals surface area contributed by atoms with Crippen LogP contribution in [-0.2, 0) is 9.59 Å². The molecule has 2 fully saturated rings. The van der Waals surface area contributed by atoms with Gasteiger partial charge in [0.15, 0.2) is 0 Å². The molecule has 2 aliphatic rings. The number of fused-ring (bicyclic) bond motifs is 1. The standard InChI is InChI=1S/C16H19ClN2O3/c1-11-15(20)19-8-2-3-14(19)16(21)18(11)9-10-22-13-6-4-12(17)5-7-13/h4-7,11,14H,2-3,8-10H2,1H3/t11-,14+/m0/s1. The van der Waals surface area contributed by atoms with E-state index in [-0.39, 0.29) is 17.9 Å². The molecule has 0 aromatic heterocycles. The van der Waals surface area contributed by atoms with Gasteiger partial charge < -0.3 is 14.5 Å². The number of piperazine rings is 1. The van der Waals surface area contributed by atoms with Crippen LogP contribution in [0.2, 0.25) is 5.02 Å². The molecule has 0 unspecified atom stereocenters. The Bertz CT molecular complexity index is 575. The average molecular weight is 323 g/mol. The number of benzene rings is 1. The molecule has 0 saturated carbocycles. The second-order valence-electron chi connectivity index (χ2n) is 5.70. The minimum absolute atomic E-state index is 0.0457. The molecule has 2 amide bonds. The maximum Gasteiger partial charge on any atom is 0.246 e. The highest BCUT2D eigenvalue weighted by molar-refractivity contribution is 6.30. The molecule has 1 aromatic rings. The quantitative estimate of drug-likeness (QED) is 0.851. The van der Waals surface area contributed by atoms with Gasteiger partial charge in [-0.2, -0.15) is 0 Å². The van der Waals surface area contributed by atoms with Crippen molar-refractivity contribution < 1.29 is 14.3 Å². The zero-order chi connectivity index (χ0) is 15.7. The Balaban J connectivity index is 1.60. The van der Waals surface area contributed by atoms with E-state index in [4.69, 9.17) is 16.3 Å². The zero-order valence-electron chi connectivity index (χ0n) is 12.5. The minimum Gasteiger partial charge on any atom is -0.492 e. The Kier molecular flexibility index (Phi) is 4.25. The molecule has 0 radical (unpaired) electrons. The van der Waals surface area contributed by atoms with Crippen LogP contribution >= 0.6 is 11.6 Å². The molecule has 0 spiro atoms. The number of ether oxygens (including phenoxy) is 1. The molecule has 6 heteroatoms. The van der Waals surface area contributed by atoms with E-state index in [1.54, 1.807) is 41.0 Å². The normalized spacial score (nSPS) is 24.6. The number of nitrogens with zero attached hydrogens (tertiary/aromatic N) is 2. The van der Waals surface area contributed by atoms with Crippen molar-refractivity contribution in [2.45, 2.75) is 31.8 Å². The van der Waals surface area contributed by atoms with Crippen LogP contribution in [0, 0.1) is 0 Å². The molecule has 3 rings (SSSR count). The van der Waals surface area contributed by atoms with E-state index in [0.717, 1.165) is 12.8 Å². The summed E-state index contributed by atoms with van der Waals surface area (Å²) < 4.78 is 5.63. The van der Waals surface area contributed by atoms with Crippen LogP contribution < -0.4 is 4.74 Å². The van der Waals surface area contributed by atoms with E-state index in [1.807, 2.05) is 0 Å². The fourth-order valence-electron chi connectivity index (χ4n) is 3.14. The number of amides is 2. The lowest BCUT2D eigenvalue weighted by Gasteiger charge is -2.40. The first-order chi connectivity index (χ1) is 10.6. The van der Waals surface area contributed by atoms with Gasteiger partial charge in [-0.15, -0.1) is 0 Å². The summed E-state index contributed by atoms with van der Waals surface area (Å²) in [6.07, 6.45) is 1.68. The summed E-state index contributed by atoms with van der Waals surface area (Å²) in [4.78, 5) is 28.2. The SMILES string of the molecule is C[C@H]1C(=O)N2CCC[C@@H]2C(=O)N1CCOc1ccc(Cl)cc1. The van der Waals surface area contributed by atoms with E-state index >= 15 is 0 Å². The number of hydrogen-bond donors (Lipinski definition) is 0. The molecular formula is C16H19ClN2O3. The molecule has 2 saturated heterocycles. The first-order valence-corrected chi connectivity index (χ1v) is 7.95. The molecule has 1 aromatic carbocycles. The van der Waals surface area contributed by atoms with Crippen LogP contribution in [0.5, 0.6) is 5.75 Å². The third-order valence-corrected chi connectivity index (χ3v) is 4.60. The Morgan fingerprint density at radius 2 is 1.95 bits per heavy atom. The Morgan fingerprint density at radius 1 is 1.23 bits per heavy atom. The van der Waals surface area contributed by atoms with Gasteiger partial charge in [-0.25, -0.2) is 0 Å². The lowest BCUT2D eigenvalue weighted by Crippen LogP contribution is -2.62. The smallest absolute Gasteiger partial charge is 0.246 e. The summed E-state index contributed by atoms with van der Waals surface area (Å²) in [5, 5.41) is 0.652. The fraction of sp³-hybridized carbons (Fsp3) is 0.500. The highest BCUT2D eigenvalue weighted by Crippen LogP contribution is 2.26. The summed E-state index contributed by atoms with van der Waals surface area (Å²) in [6, 6.07) is 6.41. The molecule has 0 N–H and O–H groups in total. The molecular weight excluding hydrogens is 304 g/mol. The third kappa shape index (κ3) is 2.77. The van der Waals surface area contributed by atoms with Crippen molar-refractivity contribution in [2.75, 3.05) is 19.7 Å². The third-order valence-electron chi connectivity index (χ3n) is 4.34. The number of halogens is 1. The predicted molar refractivity (Wildman–Crippen MR) is 82.9 cm³/mol. The van der Waals surface area contributed by atoms with E-state index < -0.39 is 6.04 Å². The second kappa shape index (κ2) is 6.16. The largest absolute Gasteiger partial charge is 0.492 e. The molecule has 5 nitrogen and oxygen atoms in total. The average Bonchev–Trinajstić information content (AvgIpc) is 3.00. The van der Waals surface area contributed by atoms with Crippen molar-refractivity contribution in [3.05, 3.63) is 29.3 Å². The summed E-state index contributed by atoms with van der Waals surface area (Å²) in [5.74, 6) is 0.799. The van der Waals surface area contributed by atoms with Crippen molar-refractivity contribution >= 4 is 23.4 Å². The highest BCUT2D eigenvalue weighted by Gasteiger charge is 2.45. The second-order valence-corrected chi connectivity index (χ2v) is 6.14. The summed E-state index contributed by atoms with van der Waals surface area (Å²) in [6.45, 7) is 3.27. The van der Waals surface area contributed by atoms with Crippen LogP contribution in [-0.4, -0.2) is 53.4 Å². The van der Waals surface area contributed by atoms with E-state index in [0.29, 0.717) is 30.5 Å². The number of carbonyl (C=O) groups is 2. The molecule has 2 aliphatic heterocycles. The predicted octanol–water partition coefficient (Wildman–Crippen LogP) is 1.94. The highest BCUT2D eigenvalue weighted by atomic mass is 35.5. The summed E-state index contributed by atoms with van der Waals surface area (Å²) >= 11 is 5.82. The Labute approximate surface area is 134 Å². The van der Waals surface area contributed by atoms with Gasteiger partial charge in [0, 0.05) is 11.6 Å². The van der Waals surface area contributed by atoms with E-state index in [2.05, 4.69) is 0 Å². The Hall–Kier alpha value is -1.75. The molecule has 118 valence electrons. The lowest BCUT2D eigenvalue weighted by molar-refractivity contribution is -0.158. The maximum absolute atomic E-state index is 12.5. The van der Waals surface area contributed by atoms with E-state index in [9.17, 15) is 9.59 Å². The summed E-state index contributed by atoms with van der Waals surface area (Å²) in [5.41, 5.74) is 0. The van der Waals surface area contributed by atoms with Gasteiger partial charge in [0.05, 0.1) is 6.54 Å². The Morgan fingerprint density at radius 3 is 2.68 bits per heavy atom. The van der Waals surface area contributed by atoms with Gasteiger partial charge in [0.1, 0.15) is 24.4 Å². The van der Waals surface area contributed by atoms with Gasteiger partial charge in [-0.05, 0) is 44.0 Å². The molecule has 2 heterocycles. The lowest BCUT2D eigenvalue weighted by atomic mass is 10.1. The van der Waals surface area contributed by atoms with Crippen LogP contribution in [0.3, 0.4) is 0 Å². The van der Waals surface area contributed by atoms with E-state index in [1.165, 1.54) is 0 Å². The molecule has 22 heavy (non-hydrogen) atoms. The van der Waals surface area contributed by atoms with Crippen molar-refractivity contribution in [1.82, 2.24) is 9.80 Å². The number of hydrogen-bond acceptors (Lipinski definition) is 3. The van der Waals surface area contributed by atoms with Crippen molar-refractivity contribution in [2.24, 2.45) is 0 Å². The minimum atomic E-state index is -0.407. The van der Waals surface area contributed by atoms with Crippen LogP contribution in [0.15, 0.2) is 24.3 Å². The van der Waals surface area contributed by atoms with Gasteiger partial charge in [-0.3, -0.25) is 9.59 Å². The van der Waals surface area contributed by atoms with Crippen LogP contribution in [0.25, 0.3) is 0 Å². The first-order valence-electron chi connectivity index (χ1n) is 7.57. The number of rotatable bonds is 4. The fourth-order valence-corrected chi connectivity index (χ4v) is 3.27. The van der Waals surface area contributed by atoms with Gasteiger partial charge in [0.25, 0.3) is 0 Å². The van der Waals surface area contributed by atoms with Crippen LogP contribution in [0.4, 0.5) is 0 Å². The van der Waals surface area contributed by atoms with Gasteiger partial charge >= 0.3 is 0 Å². The van der Waals surface area contributed by atoms with Crippen molar-refractivity contribution in [1.29, 1.82) is 0 Å². The topological polar surface area (TPSA) is 49.9 Å². The van der Waals surface area contributed by atoms with Gasteiger partial charge in [0.2, 0.25) is 11.8 Å². The van der Waals surface area contributed by atoms with Crippen LogP contribution in [0.1, 0.15) is 19.8 Å². The molecule has 0 bridgehead atoms. The van der Waals surface area contributed by atoms with Gasteiger partial charge in [-0.1, -0.05) is 11.6 Å². The van der Waals surface area contributed by atoms with Crippen molar-refractivity contribution in [3.8, 4) is 5.75 Å². The van der Waals surface area contributed by atoms with Crippen molar-refractivity contribution in [3.63, 3.8) is 0 Å². The molecule has 2 atom stereocenters. The summed E-state index contributed by atoms with van der Waals surface area (Å²) in [7, 11) is 0. The number of carbonyl (C=O) groups excluding carboxylic acids is 2. The maximum atomic E-state index is 12.5.